The third kappa shape index (κ3) is 7.41. The molecule has 0 saturated carbocycles. The summed E-state index contributed by atoms with van der Waals surface area (Å²) in [5, 5.41) is 10.9. The number of methoxy groups -OCH3 is 2. The summed E-state index contributed by atoms with van der Waals surface area (Å²) < 4.78 is 16.7. The number of ether oxygens (including phenoxy) is 3. The van der Waals surface area contributed by atoms with Crippen LogP contribution in [0, 0.1) is 0 Å². The number of amides is 1. The highest BCUT2D eigenvalue weighted by Crippen LogP contribution is 2.29. The van der Waals surface area contributed by atoms with Crippen molar-refractivity contribution in [3.8, 4) is 11.1 Å². The minimum Gasteiger partial charge on any atom is -0.464 e. The van der Waals surface area contributed by atoms with Crippen molar-refractivity contribution >= 4 is 23.8 Å². The second-order valence-corrected chi connectivity index (χ2v) is 11.3. The van der Waals surface area contributed by atoms with Crippen LogP contribution in [0.5, 0.6) is 0 Å². The molecule has 42 heavy (non-hydrogen) atoms. The Morgan fingerprint density at radius 2 is 1.55 bits per heavy atom. The third-order valence-electron chi connectivity index (χ3n) is 6.24. The maximum absolute atomic E-state index is 13.0. The number of nitrogens with zero attached hydrogens (tertiary/aromatic N) is 3. The quantitative estimate of drug-likeness (QED) is 0.170. The van der Waals surface area contributed by atoms with Crippen LogP contribution in [-0.2, 0) is 37.7 Å². The zero-order chi connectivity index (χ0) is 31.4. The Morgan fingerprint density at radius 1 is 0.929 bits per heavy atom. The van der Waals surface area contributed by atoms with Gasteiger partial charge in [0.1, 0.15) is 22.7 Å². The van der Waals surface area contributed by atoms with Crippen molar-refractivity contribution < 1.29 is 38.5 Å². The highest BCUT2D eigenvalue weighted by atomic mass is 16.6. The van der Waals surface area contributed by atoms with Crippen LogP contribution in [0.15, 0.2) is 48.5 Å². The summed E-state index contributed by atoms with van der Waals surface area (Å²) in [4.78, 5) is 56.0. The number of imidazole rings is 1. The summed E-state index contributed by atoms with van der Waals surface area (Å²) in [6, 6.07) is 13.9. The molecule has 0 radical (unpaired) electrons. The van der Waals surface area contributed by atoms with E-state index in [0.29, 0.717) is 17.0 Å². The number of carbonyl (C=O) groups is 4. The fourth-order valence-corrected chi connectivity index (χ4v) is 4.24. The van der Waals surface area contributed by atoms with E-state index in [1.807, 2.05) is 0 Å². The third-order valence-corrected chi connectivity index (χ3v) is 6.24. The zero-order valence-electron chi connectivity index (χ0n) is 25.2. The Bertz CT molecular complexity index is 1480. The van der Waals surface area contributed by atoms with E-state index < -0.39 is 35.0 Å². The monoisotopic (exact) mass is 579 g/mol. The molecule has 1 heterocycles. The van der Waals surface area contributed by atoms with Gasteiger partial charge < -0.3 is 28.8 Å². The van der Waals surface area contributed by atoms with Gasteiger partial charge in [-0.15, -0.1) is 0 Å². The van der Waals surface area contributed by atoms with Crippen molar-refractivity contribution in [1.82, 2.24) is 14.5 Å². The lowest BCUT2D eigenvalue weighted by Gasteiger charge is -2.24. The number of benzene rings is 2. The molecule has 0 unspecified atom stereocenters. The fourth-order valence-electron chi connectivity index (χ4n) is 4.24. The smallest absolute Gasteiger partial charge is 0.410 e. The number of rotatable bonds is 9. The number of ketones is 1. The van der Waals surface area contributed by atoms with Crippen LogP contribution in [0.4, 0.5) is 4.79 Å². The topological polar surface area (TPSA) is 137 Å². The van der Waals surface area contributed by atoms with Gasteiger partial charge in [-0.25, -0.2) is 19.4 Å². The molecule has 3 aromatic rings. The van der Waals surface area contributed by atoms with Crippen LogP contribution in [0.1, 0.15) is 72.5 Å². The van der Waals surface area contributed by atoms with Gasteiger partial charge in [0.2, 0.25) is 0 Å². The molecule has 1 amide bonds. The first-order valence-electron chi connectivity index (χ1n) is 13.2. The molecule has 0 aliphatic heterocycles. The molecular weight excluding hydrogens is 542 g/mol. The van der Waals surface area contributed by atoms with Gasteiger partial charge in [-0.1, -0.05) is 48.5 Å². The maximum atomic E-state index is 13.0. The molecule has 0 atom stereocenters. The number of carbonyl (C=O) groups excluding carboxylic acids is 4. The Labute approximate surface area is 245 Å². The fraction of sp³-hybridized carbons (Fsp3) is 0.387. The van der Waals surface area contributed by atoms with Crippen LogP contribution in [0.2, 0.25) is 0 Å². The molecule has 3 rings (SSSR count). The van der Waals surface area contributed by atoms with Crippen molar-refractivity contribution in [2.24, 2.45) is 0 Å². The predicted molar refractivity (Wildman–Crippen MR) is 154 cm³/mol. The zero-order valence-corrected chi connectivity index (χ0v) is 25.2. The normalized spacial score (nSPS) is 11.5. The van der Waals surface area contributed by atoms with Gasteiger partial charge in [-0.05, 0) is 51.3 Å². The average Bonchev–Trinajstić information content (AvgIpc) is 3.29. The van der Waals surface area contributed by atoms with Gasteiger partial charge in [0, 0.05) is 19.2 Å². The Hall–Kier alpha value is -4.51. The van der Waals surface area contributed by atoms with Gasteiger partial charge in [0.05, 0.1) is 20.8 Å². The molecule has 11 nitrogen and oxygen atoms in total. The molecule has 11 heteroatoms. The Morgan fingerprint density at radius 3 is 2.10 bits per heavy atom. The Kier molecular flexibility index (Phi) is 9.57. The average molecular weight is 580 g/mol. The summed E-state index contributed by atoms with van der Waals surface area (Å²) in [5.41, 5.74) is 0.160. The minimum atomic E-state index is -1.49. The number of aromatic nitrogens is 2. The minimum absolute atomic E-state index is 0.0178. The van der Waals surface area contributed by atoms with Crippen molar-refractivity contribution in [2.75, 3.05) is 21.3 Å². The largest absolute Gasteiger partial charge is 0.464 e. The van der Waals surface area contributed by atoms with Gasteiger partial charge in [-0.2, -0.15) is 0 Å². The first-order valence-corrected chi connectivity index (χ1v) is 13.2. The van der Waals surface area contributed by atoms with E-state index in [9.17, 15) is 24.3 Å². The van der Waals surface area contributed by atoms with E-state index in [2.05, 4.69) is 9.72 Å². The predicted octanol–water partition coefficient (Wildman–Crippen LogP) is 4.34. The van der Waals surface area contributed by atoms with Crippen LogP contribution in [0.25, 0.3) is 11.1 Å². The molecule has 1 aromatic heterocycles. The Balaban J connectivity index is 2.04. The van der Waals surface area contributed by atoms with Gasteiger partial charge in [-0.3, -0.25) is 4.79 Å². The second-order valence-electron chi connectivity index (χ2n) is 11.3. The number of hydrogen-bond acceptors (Lipinski definition) is 9. The van der Waals surface area contributed by atoms with Crippen LogP contribution in [-0.4, -0.2) is 70.2 Å². The molecule has 0 aliphatic carbocycles. The van der Waals surface area contributed by atoms with E-state index >= 15 is 0 Å². The molecule has 0 bridgehead atoms. The molecule has 0 fully saturated rings. The number of Topliss-reactive ketones (excluding diaryl/α,β-unsaturated/α-hetero) is 1. The molecule has 0 spiro atoms. The second kappa shape index (κ2) is 12.6. The molecule has 0 saturated heterocycles. The molecule has 1 N–H and O–H groups in total. The molecule has 0 aliphatic rings. The van der Waals surface area contributed by atoms with E-state index in [-0.39, 0.29) is 30.0 Å². The molecule has 224 valence electrons. The van der Waals surface area contributed by atoms with E-state index in [1.54, 1.807) is 80.9 Å². The van der Waals surface area contributed by atoms with Gasteiger partial charge in [0.25, 0.3) is 5.78 Å². The summed E-state index contributed by atoms with van der Waals surface area (Å²) in [5.74, 6) is -2.08. The lowest BCUT2D eigenvalue weighted by atomic mass is 9.96. The van der Waals surface area contributed by atoms with Gasteiger partial charge in [0.15, 0.2) is 5.69 Å². The lowest BCUT2D eigenvalue weighted by molar-refractivity contribution is -0.135. The standard InChI is InChI=1S/C31H37N3O8/c1-30(2,3)42-29(38)33(6)18-23-32-26(31(4,5)39)24(27(36)40-7)34(23)17-19-13-15-20(16-14-19)21-11-9-10-12-22(21)25(35)28(37)41-8/h9-16,39H,17-18H2,1-8H3. The molecular formula is C31H37N3O8. The van der Waals surface area contributed by atoms with Crippen LogP contribution in [0.3, 0.4) is 0 Å². The highest BCUT2D eigenvalue weighted by molar-refractivity contribution is 6.41. The first-order chi connectivity index (χ1) is 19.6. The summed E-state index contributed by atoms with van der Waals surface area (Å²) in [7, 11) is 3.94. The summed E-state index contributed by atoms with van der Waals surface area (Å²) in [6.07, 6.45) is -0.578. The number of esters is 2. The first kappa shape index (κ1) is 32.0. The number of hydrogen-bond donors (Lipinski definition) is 1. The highest BCUT2D eigenvalue weighted by Gasteiger charge is 2.33. The van der Waals surface area contributed by atoms with Crippen molar-refractivity contribution in [3.05, 3.63) is 76.9 Å². The van der Waals surface area contributed by atoms with Gasteiger partial charge >= 0.3 is 18.0 Å². The lowest BCUT2D eigenvalue weighted by Crippen LogP contribution is -2.34. The van der Waals surface area contributed by atoms with Crippen molar-refractivity contribution in [3.63, 3.8) is 0 Å². The SMILES string of the molecule is COC(=O)C(=O)c1ccccc1-c1ccc(Cn2c(CN(C)C(=O)OC(C)(C)C)nc(C(C)(C)O)c2C(=O)OC)cc1. The van der Waals surface area contributed by atoms with E-state index in [4.69, 9.17) is 9.47 Å². The number of aliphatic hydroxyl groups is 1. The summed E-state index contributed by atoms with van der Waals surface area (Å²) in [6.45, 7) is 8.42. The summed E-state index contributed by atoms with van der Waals surface area (Å²) >= 11 is 0. The molecule has 2 aromatic carbocycles. The van der Waals surface area contributed by atoms with Crippen LogP contribution < -0.4 is 0 Å². The van der Waals surface area contributed by atoms with E-state index in [0.717, 1.165) is 12.7 Å². The van der Waals surface area contributed by atoms with Crippen molar-refractivity contribution in [2.45, 2.75) is 58.9 Å². The van der Waals surface area contributed by atoms with E-state index in [1.165, 1.54) is 25.9 Å². The van der Waals surface area contributed by atoms with Crippen LogP contribution >= 0.6 is 0 Å². The maximum Gasteiger partial charge on any atom is 0.410 e. The van der Waals surface area contributed by atoms with Crippen molar-refractivity contribution in [1.29, 1.82) is 0 Å².